The Balaban J connectivity index is 2.47. The zero-order valence-corrected chi connectivity index (χ0v) is 10.1. The van der Waals surface area contributed by atoms with Crippen LogP contribution in [0.1, 0.15) is 62.3 Å². The van der Waals surface area contributed by atoms with Crippen molar-refractivity contribution in [2.45, 2.75) is 45.6 Å². The van der Waals surface area contributed by atoms with Gasteiger partial charge in [0.2, 0.25) is 0 Å². The largest absolute Gasteiger partial charge is 0.324 e. The van der Waals surface area contributed by atoms with Crippen molar-refractivity contribution in [3.05, 3.63) is 34.9 Å². The zero-order valence-electron chi connectivity index (χ0n) is 10.1. The van der Waals surface area contributed by atoms with Crippen LogP contribution in [-0.2, 0) is 0 Å². The van der Waals surface area contributed by atoms with Gasteiger partial charge in [-0.3, -0.25) is 0 Å². The lowest BCUT2D eigenvalue weighted by molar-refractivity contribution is 0.451. The topological polar surface area (TPSA) is 26.0 Å². The van der Waals surface area contributed by atoms with Crippen LogP contribution < -0.4 is 5.73 Å². The Labute approximate surface area is 92.7 Å². The molecule has 82 valence electrons. The SMILES string of the molecule is CC(C)c1ccc2c(c1)C(N)C(C)C2C. The Morgan fingerprint density at radius 2 is 1.80 bits per heavy atom. The van der Waals surface area contributed by atoms with Gasteiger partial charge in [-0.25, -0.2) is 0 Å². The van der Waals surface area contributed by atoms with E-state index in [9.17, 15) is 0 Å². The standard InChI is InChI=1S/C14H21N/c1-8(2)11-5-6-12-9(3)10(4)14(15)13(12)7-11/h5-10,14H,15H2,1-4H3. The molecule has 3 atom stereocenters. The van der Waals surface area contributed by atoms with Crippen LogP contribution >= 0.6 is 0 Å². The molecule has 3 unspecified atom stereocenters. The van der Waals surface area contributed by atoms with Gasteiger partial charge in [0.25, 0.3) is 0 Å². The first kappa shape index (κ1) is 10.7. The average Bonchev–Trinajstić information content (AvgIpc) is 2.44. The van der Waals surface area contributed by atoms with E-state index in [1.54, 1.807) is 0 Å². The normalized spacial score (nSPS) is 29.6. The summed E-state index contributed by atoms with van der Waals surface area (Å²) < 4.78 is 0. The monoisotopic (exact) mass is 203 g/mol. The van der Waals surface area contributed by atoms with Crippen molar-refractivity contribution in [3.63, 3.8) is 0 Å². The lowest BCUT2D eigenvalue weighted by Gasteiger charge is -2.13. The highest BCUT2D eigenvalue weighted by molar-refractivity contribution is 5.42. The minimum Gasteiger partial charge on any atom is -0.324 e. The van der Waals surface area contributed by atoms with Gasteiger partial charge in [-0.15, -0.1) is 0 Å². The van der Waals surface area contributed by atoms with Gasteiger partial charge in [0.15, 0.2) is 0 Å². The molecule has 1 nitrogen and oxygen atoms in total. The smallest absolute Gasteiger partial charge is 0.0329 e. The van der Waals surface area contributed by atoms with E-state index in [-0.39, 0.29) is 6.04 Å². The second-order valence-electron chi connectivity index (χ2n) is 5.22. The first-order valence-electron chi connectivity index (χ1n) is 5.91. The van der Waals surface area contributed by atoms with Gasteiger partial charge in [-0.1, -0.05) is 45.9 Å². The Morgan fingerprint density at radius 1 is 1.13 bits per heavy atom. The molecule has 0 spiro atoms. The number of hydrogen-bond donors (Lipinski definition) is 1. The fourth-order valence-electron chi connectivity index (χ4n) is 2.53. The second-order valence-corrected chi connectivity index (χ2v) is 5.22. The molecule has 1 aliphatic rings. The van der Waals surface area contributed by atoms with Crippen molar-refractivity contribution in [3.8, 4) is 0 Å². The predicted octanol–water partition coefficient (Wildman–Crippen LogP) is 3.56. The van der Waals surface area contributed by atoms with E-state index in [2.05, 4.69) is 45.9 Å². The highest BCUT2D eigenvalue weighted by Crippen LogP contribution is 2.43. The summed E-state index contributed by atoms with van der Waals surface area (Å²) in [6, 6.07) is 7.07. The molecule has 0 heterocycles. The van der Waals surface area contributed by atoms with E-state index in [4.69, 9.17) is 5.73 Å². The highest BCUT2D eigenvalue weighted by atomic mass is 14.7. The molecule has 0 bridgehead atoms. The summed E-state index contributed by atoms with van der Waals surface area (Å²) in [4.78, 5) is 0. The van der Waals surface area contributed by atoms with Crippen LogP contribution in [0.25, 0.3) is 0 Å². The molecule has 0 saturated carbocycles. The Kier molecular flexibility index (Phi) is 2.59. The molecular formula is C14H21N. The van der Waals surface area contributed by atoms with Crippen molar-refractivity contribution >= 4 is 0 Å². The molecule has 0 saturated heterocycles. The quantitative estimate of drug-likeness (QED) is 0.742. The summed E-state index contributed by atoms with van der Waals surface area (Å²) in [7, 11) is 0. The maximum Gasteiger partial charge on any atom is 0.0329 e. The van der Waals surface area contributed by atoms with Crippen molar-refractivity contribution in [2.75, 3.05) is 0 Å². The number of hydrogen-bond acceptors (Lipinski definition) is 1. The van der Waals surface area contributed by atoms with E-state index < -0.39 is 0 Å². The lowest BCUT2D eigenvalue weighted by Crippen LogP contribution is -2.15. The molecular weight excluding hydrogens is 182 g/mol. The van der Waals surface area contributed by atoms with Crippen LogP contribution in [0.2, 0.25) is 0 Å². The fraction of sp³-hybridized carbons (Fsp3) is 0.571. The number of rotatable bonds is 1. The Morgan fingerprint density at radius 3 is 2.40 bits per heavy atom. The zero-order chi connectivity index (χ0) is 11.2. The van der Waals surface area contributed by atoms with E-state index >= 15 is 0 Å². The third kappa shape index (κ3) is 1.59. The van der Waals surface area contributed by atoms with Crippen molar-refractivity contribution in [2.24, 2.45) is 11.7 Å². The highest BCUT2D eigenvalue weighted by Gasteiger charge is 2.32. The van der Waals surface area contributed by atoms with Crippen LogP contribution in [0.4, 0.5) is 0 Å². The van der Waals surface area contributed by atoms with Crippen LogP contribution in [0.3, 0.4) is 0 Å². The summed E-state index contributed by atoms with van der Waals surface area (Å²) >= 11 is 0. The summed E-state index contributed by atoms with van der Waals surface area (Å²) in [6.45, 7) is 9.00. The molecule has 2 rings (SSSR count). The summed E-state index contributed by atoms with van der Waals surface area (Å²) in [5, 5.41) is 0. The number of nitrogens with two attached hydrogens (primary N) is 1. The van der Waals surface area contributed by atoms with Gasteiger partial charge >= 0.3 is 0 Å². The lowest BCUT2D eigenvalue weighted by atomic mass is 9.94. The first-order chi connectivity index (χ1) is 7.02. The van der Waals surface area contributed by atoms with E-state index in [0.717, 1.165) is 0 Å². The molecule has 0 aliphatic heterocycles. The summed E-state index contributed by atoms with van der Waals surface area (Å²) in [6.07, 6.45) is 0. The van der Waals surface area contributed by atoms with Gasteiger partial charge in [0.05, 0.1) is 0 Å². The third-order valence-electron chi connectivity index (χ3n) is 3.98. The Hall–Kier alpha value is -0.820. The fourth-order valence-corrected chi connectivity index (χ4v) is 2.53. The second kappa shape index (κ2) is 3.64. The van der Waals surface area contributed by atoms with Gasteiger partial charge in [0, 0.05) is 6.04 Å². The molecule has 0 amide bonds. The van der Waals surface area contributed by atoms with Crippen LogP contribution in [0.15, 0.2) is 18.2 Å². The van der Waals surface area contributed by atoms with Gasteiger partial charge in [-0.05, 0) is 34.4 Å². The van der Waals surface area contributed by atoms with E-state index in [1.807, 2.05) is 0 Å². The predicted molar refractivity (Wildman–Crippen MR) is 65.0 cm³/mol. The van der Waals surface area contributed by atoms with Gasteiger partial charge in [-0.2, -0.15) is 0 Å². The average molecular weight is 203 g/mol. The molecule has 1 aliphatic carbocycles. The number of benzene rings is 1. The van der Waals surface area contributed by atoms with Gasteiger partial charge in [0.1, 0.15) is 0 Å². The molecule has 2 N–H and O–H groups in total. The maximum absolute atomic E-state index is 6.25. The summed E-state index contributed by atoms with van der Waals surface area (Å²) in [5.41, 5.74) is 10.5. The van der Waals surface area contributed by atoms with Crippen molar-refractivity contribution in [1.82, 2.24) is 0 Å². The molecule has 1 aromatic carbocycles. The first-order valence-corrected chi connectivity index (χ1v) is 5.91. The number of fused-ring (bicyclic) bond motifs is 1. The van der Waals surface area contributed by atoms with E-state index in [0.29, 0.717) is 17.8 Å². The minimum atomic E-state index is 0.230. The molecule has 15 heavy (non-hydrogen) atoms. The summed E-state index contributed by atoms with van der Waals surface area (Å²) in [5.74, 6) is 1.77. The molecule has 1 heteroatoms. The Bertz CT molecular complexity index is 368. The van der Waals surface area contributed by atoms with Crippen LogP contribution in [0.5, 0.6) is 0 Å². The maximum atomic E-state index is 6.25. The van der Waals surface area contributed by atoms with E-state index in [1.165, 1.54) is 16.7 Å². The third-order valence-corrected chi connectivity index (χ3v) is 3.98. The van der Waals surface area contributed by atoms with Crippen molar-refractivity contribution in [1.29, 1.82) is 0 Å². The minimum absolute atomic E-state index is 0.230. The van der Waals surface area contributed by atoms with Crippen LogP contribution in [-0.4, -0.2) is 0 Å². The van der Waals surface area contributed by atoms with Gasteiger partial charge < -0.3 is 5.73 Å². The molecule has 0 aromatic heterocycles. The molecule has 1 aromatic rings. The van der Waals surface area contributed by atoms with Crippen molar-refractivity contribution < 1.29 is 0 Å². The van der Waals surface area contributed by atoms with Crippen LogP contribution in [0, 0.1) is 5.92 Å². The molecule has 0 fully saturated rings. The molecule has 0 radical (unpaired) electrons.